The summed E-state index contributed by atoms with van der Waals surface area (Å²) in [5.74, 6) is 0. The second kappa shape index (κ2) is 5.35. The Morgan fingerprint density at radius 2 is 2.25 bits per heavy atom. The van der Waals surface area contributed by atoms with Gasteiger partial charge < -0.3 is 0 Å². The number of halogens is 1. The molecule has 0 amide bonds. The van der Waals surface area contributed by atoms with Crippen LogP contribution in [0.2, 0.25) is 0 Å². The van der Waals surface area contributed by atoms with E-state index in [0.717, 1.165) is 27.3 Å². The molecule has 0 unspecified atom stereocenters. The third-order valence-corrected chi connectivity index (χ3v) is 5.81. The third-order valence-electron chi connectivity index (χ3n) is 2.98. The highest BCUT2D eigenvalue weighted by Crippen LogP contribution is 2.26. The smallest absolute Gasteiger partial charge is 0.249 e. The van der Waals surface area contributed by atoms with E-state index in [1.165, 1.54) is 10.6 Å². The van der Waals surface area contributed by atoms with Crippen LogP contribution in [-0.4, -0.2) is 33.6 Å². The third kappa shape index (κ3) is 2.68. The summed E-state index contributed by atoms with van der Waals surface area (Å²) in [6, 6.07) is 1.84. The number of pyridine rings is 1. The summed E-state index contributed by atoms with van der Waals surface area (Å²) >= 11 is 4.40. The molecule has 0 atom stereocenters. The Balaban J connectivity index is 1.83. The first-order valence-corrected chi connectivity index (χ1v) is 8.74. The van der Waals surface area contributed by atoms with Crippen LogP contribution in [0.1, 0.15) is 11.1 Å². The summed E-state index contributed by atoms with van der Waals surface area (Å²) in [6.07, 6.45) is 3.61. The molecule has 2 aromatic heterocycles. The normalized spacial score (nSPS) is 15.8. The predicted octanol–water partition coefficient (Wildman–Crippen LogP) is 1.41. The number of nitrogens with one attached hydrogen (secondary N) is 1. The van der Waals surface area contributed by atoms with E-state index in [0.29, 0.717) is 19.5 Å². The fourth-order valence-electron chi connectivity index (χ4n) is 2.02. The highest BCUT2D eigenvalue weighted by Gasteiger charge is 2.28. The first-order chi connectivity index (χ1) is 9.56. The molecule has 1 aliphatic heterocycles. The molecule has 0 spiro atoms. The summed E-state index contributed by atoms with van der Waals surface area (Å²) in [6.45, 7) is 0.732. The van der Waals surface area contributed by atoms with Crippen LogP contribution < -0.4 is 4.72 Å². The van der Waals surface area contributed by atoms with Gasteiger partial charge in [0.1, 0.15) is 10.9 Å². The van der Waals surface area contributed by atoms with Gasteiger partial charge in [-0.3, -0.25) is 0 Å². The molecule has 7 nitrogen and oxygen atoms in total. The Morgan fingerprint density at radius 1 is 1.40 bits per heavy atom. The van der Waals surface area contributed by atoms with Crippen molar-refractivity contribution in [3.63, 3.8) is 0 Å². The standard InChI is InChI=1S/C10H10BrN5O2S2/c11-9-8-2-4-16(5-7(8)1-3-12-9)20(17,18)15-10-13-6-14-19-10/h1,3,6H,2,4-5H2,(H,13,14,15). The van der Waals surface area contributed by atoms with E-state index in [4.69, 9.17) is 0 Å². The molecule has 1 aliphatic rings. The van der Waals surface area contributed by atoms with E-state index in [1.54, 1.807) is 6.20 Å². The molecule has 0 aromatic carbocycles. The molecule has 1 N–H and O–H groups in total. The van der Waals surface area contributed by atoms with Gasteiger partial charge in [0, 0.05) is 30.8 Å². The highest BCUT2D eigenvalue weighted by molar-refractivity contribution is 9.10. The molecule has 0 saturated carbocycles. The second-order valence-electron chi connectivity index (χ2n) is 4.18. The summed E-state index contributed by atoms with van der Waals surface area (Å²) in [5, 5.41) is 0.270. The van der Waals surface area contributed by atoms with Gasteiger partial charge in [0.25, 0.3) is 0 Å². The monoisotopic (exact) mass is 375 g/mol. The number of aromatic nitrogens is 3. The predicted molar refractivity (Wildman–Crippen MR) is 78.5 cm³/mol. The van der Waals surface area contributed by atoms with Crippen LogP contribution in [0.3, 0.4) is 0 Å². The molecule has 2 aromatic rings. The molecule has 0 radical (unpaired) electrons. The quantitative estimate of drug-likeness (QED) is 0.819. The molecule has 20 heavy (non-hydrogen) atoms. The van der Waals surface area contributed by atoms with Crippen molar-refractivity contribution in [3.05, 3.63) is 34.3 Å². The lowest BCUT2D eigenvalue weighted by Gasteiger charge is -2.27. The Kier molecular flexibility index (Phi) is 3.71. The number of rotatable bonds is 3. The molecule has 3 rings (SSSR count). The molecule has 0 aliphatic carbocycles. The van der Waals surface area contributed by atoms with E-state index in [9.17, 15) is 8.42 Å². The fourth-order valence-corrected chi connectivity index (χ4v) is 4.39. The number of nitrogens with zero attached hydrogens (tertiary/aromatic N) is 4. The molecule has 0 saturated heterocycles. The number of hydrogen-bond acceptors (Lipinski definition) is 6. The van der Waals surface area contributed by atoms with Crippen molar-refractivity contribution in [2.45, 2.75) is 13.0 Å². The van der Waals surface area contributed by atoms with E-state index in [2.05, 4.69) is 35.0 Å². The highest BCUT2D eigenvalue weighted by atomic mass is 79.9. The maximum Gasteiger partial charge on any atom is 0.303 e. The van der Waals surface area contributed by atoms with Crippen molar-refractivity contribution in [3.8, 4) is 0 Å². The van der Waals surface area contributed by atoms with Crippen molar-refractivity contribution >= 4 is 42.8 Å². The zero-order valence-electron chi connectivity index (χ0n) is 10.2. The SMILES string of the molecule is O=S(=O)(Nc1ncns1)N1CCc2c(ccnc2Br)C1. The first-order valence-electron chi connectivity index (χ1n) is 5.73. The molecule has 10 heteroatoms. The van der Waals surface area contributed by atoms with E-state index >= 15 is 0 Å². The van der Waals surface area contributed by atoms with Crippen molar-refractivity contribution < 1.29 is 8.42 Å². The topological polar surface area (TPSA) is 88.1 Å². The van der Waals surface area contributed by atoms with Gasteiger partial charge in [-0.25, -0.2) is 14.7 Å². The fraction of sp³-hybridized carbons (Fsp3) is 0.300. The Labute approximate surface area is 128 Å². The maximum atomic E-state index is 12.3. The van der Waals surface area contributed by atoms with Crippen LogP contribution in [0.25, 0.3) is 0 Å². The van der Waals surface area contributed by atoms with Crippen molar-refractivity contribution in [2.75, 3.05) is 11.3 Å². The summed E-state index contributed by atoms with van der Waals surface area (Å²) in [5.41, 5.74) is 2.02. The van der Waals surface area contributed by atoms with Crippen molar-refractivity contribution in [1.29, 1.82) is 0 Å². The van der Waals surface area contributed by atoms with Gasteiger partial charge in [0.15, 0.2) is 0 Å². The lowest BCUT2D eigenvalue weighted by Crippen LogP contribution is -2.39. The molecule has 106 valence electrons. The van der Waals surface area contributed by atoms with Crippen LogP contribution in [0, 0.1) is 0 Å². The lowest BCUT2D eigenvalue weighted by molar-refractivity contribution is 0.393. The van der Waals surface area contributed by atoms with Crippen LogP contribution in [0.4, 0.5) is 5.13 Å². The summed E-state index contributed by atoms with van der Waals surface area (Å²) < 4.78 is 32.9. The minimum absolute atomic E-state index is 0.270. The van der Waals surface area contributed by atoms with Crippen molar-refractivity contribution in [2.24, 2.45) is 0 Å². The van der Waals surface area contributed by atoms with Gasteiger partial charge in [-0.05, 0) is 39.5 Å². The van der Waals surface area contributed by atoms with Gasteiger partial charge in [-0.15, -0.1) is 0 Å². The summed E-state index contributed by atoms with van der Waals surface area (Å²) in [4.78, 5) is 7.98. The molecular formula is C10H10BrN5O2S2. The van der Waals surface area contributed by atoms with Gasteiger partial charge in [0.2, 0.25) is 5.13 Å². The zero-order valence-corrected chi connectivity index (χ0v) is 13.4. The average Bonchev–Trinajstić information content (AvgIpc) is 2.91. The average molecular weight is 376 g/mol. The zero-order chi connectivity index (χ0) is 14.2. The Morgan fingerprint density at radius 3 is 3.00 bits per heavy atom. The molecule has 0 bridgehead atoms. The van der Waals surface area contributed by atoms with Gasteiger partial charge in [-0.1, -0.05) is 0 Å². The van der Waals surface area contributed by atoms with Crippen LogP contribution in [0.15, 0.2) is 23.2 Å². The van der Waals surface area contributed by atoms with Crippen LogP contribution in [0.5, 0.6) is 0 Å². The first kappa shape index (κ1) is 13.9. The minimum Gasteiger partial charge on any atom is -0.249 e. The van der Waals surface area contributed by atoms with E-state index < -0.39 is 10.2 Å². The van der Waals surface area contributed by atoms with E-state index in [-0.39, 0.29) is 5.13 Å². The van der Waals surface area contributed by atoms with Crippen molar-refractivity contribution in [1.82, 2.24) is 18.6 Å². The maximum absolute atomic E-state index is 12.3. The van der Waals surface area contributed by atoms with Gasteiger partial charge in [0.05, 0.1) is 0 Å². The lowest BCUT2D eigenvalue weighted by atomic mass is 10.0. The molecule has 3 heterocycles. The van der Waals surface area contributed by atoms with Gasteiger partial charge in [-0.2, -0.15) is 17.1 Å². The molecule has 0 fully saturated rings. The van der Waals surface area contributed by atoms with Gasteiger partial charge >= 0.3 is 10.2 Å². The Bertz CT molecular complexity index is 719. The second-order valence-corrected chi connectivity index (χ2v) is 7.38. The number of hydrogen-bond donors (Lipinski definition) is 1. The Hall–Kier alpha value is -1.10. The molecular weight excluding hydrogens is 366 g/mol. The number of fused-ring (bicyclic) bond motifs is 1. The van der Waals surface area contributed by atoms with Crippen LogP contribution in [-0.2, 0) is 23.2 Å². The number of anilines is 1. The minimum atomic E-state index is -3.61. The van der Waals surface area contributed by atoms with Crippen LogP contribution >= 0.6 is 27.5 Å². The largest absolute Gasteiger partial charge is 0.303 e. The summed E-state index contributed by atoms with van der Waals surface area (Å²) in [7, 11) is -3.61. The van der Waals surface area contributed by atoms with E-state index in [1.807, 2.05) is 6.07 Å².